The summed E-state index contributed by atoms with van der Waals surface area (Å²) in [5.74, 6) is 1.97. The van der Waals surface area contributed by atoms with Crippen LogP contribution in [0.5, 0.6) is 5.75 Å². The van der Waals surface area contributed by atoms with E-state index in [0.717, 1.165) is 31.0 Å². The average molecular weight is 526 g/mol. The van der Waals surface area contributed by atoms with Crippen LogP contribution in [-0.4, -0.2) is 53.6 Å². The predicted molar refractivity (Wildman–Crippen MR) is 130 cm³/mol. The third kappa shape index (κ3) is 5.87. The lowest BCUT2D eigenvalue weighted by Gasteiger charge is -2.39. The Morgan fingerprint density at radius 2 is 2.20 bits per heavy atom. The van der Waals surface area contributed by atoms with Crippen LogP contribution < -0.4 is 15.4 Å². The van der Waals surface area contributed by atoms with Crippen molar-refractivity contribution in [1.29, 1.82) is 0 Å². The monoisotopic (exact) mass is 526 g/mol. The van der Waals surface area contributed by atoms with Crippen molar-refractivity contribution in [2.75, 3.05) is 32.6 Å². The van der Waals surface area contributed by atoms with Crippen LogP contribution in [0.1, 0.15) is 31.9 Å². The van der Waals surface area contributed by atoms with Crippen LogP contribution in [-0.2, 0) is 11.3 Å². The maximum atomic E-state index is 11.5. The Balaban J connectivity index is 0.00000320. The fourth-order valence-corrected chi connectivity index (χ4v) is 3.76. The first-order chi connectivity index (χ1) is 14.0. The molecule has 164 valence electrons. The molecule has 2 unspecified atom stereocenters. The number of nitrogens with one attached hydrogen (secondary N) is 2. The lowest BCUT2D eigenvalue weighted by atomic mass is 9.93. The molecule has 0 spiro atoms. The zero-order chi connectivity index (χ0) is 20.8. The van der Waals surface area contributed by atoms with E-state index in [0.29, 0.717) is 29.9 Å². The van der Waals surface area contributed by atoms with E-state index in [-0.39, 0.29) is 29.9 Å². The SMILES string of the molecule is CN=C(NCc1ccc(OC)c(NC(C)=O)c1)N1CCC(C)C(n2ccnc2)C1.I. The summed E-state index contributed by atoms with van der Waals surface area (Å²) in [6.45, 7) is 6.23. The number of anilines is 1. The number of rotatable bonds is 5. The standard InChI is InChI=1S/C21H30N6O2.HI/c1-15-7-9-26(13-19(15)27-10-8-23-14-27)21(22-3)24-12-17-5-6-20(29-4)18(11-17)25-16(2)28;/h5-6,8,10-11,14-15,19H,7,9,12-13H2,1-4H3,(H,22,24)(H,25,28);1H. The Kier molecular flexibility index (Phi) is 8.94. The first kappa shape index (κ1) is 24.0. The number of ether oxygens (including phenoxy) is 1. The maximum absolute atomic E-state index is 11.5. The largest absolute Gasteiger partial charge is 0.495 e. The van der Waals surface area contributed by atoms with E-state index in [4.69, 9.17) is 4.74 Å². The number of aromatic nitrogens is 2. The Morgan fingerprint density at radius 1 is 1.40 bits per heavy atom. The highest BCUT2D eigenvalue weighted by Gasteiger charge is 2.28. The van der Waals surface area contributed by atoms with Gasteiger partial charge < -0.3 is 24.8 Å². The summed E-state index contributed by atoms with van der Waals surface area (Å²) < 4.78 is 7.51. The number of carbonyl (C=O) groups is 1. The van der Waals surface area contributed by atoms with Crippen LogP contribution >= 0.6 is 24.0 Å². The molecule has 8 nitrogen and oxygen atoms in total. The molecular weight excluding hydrogens is 495 g/mol. The van der Waals surface area contributed by atoms with Crippen molar-refractivity contribution in [3.8, 4) is 5.75 Å². The van der Waals surface area contributed by atoms with Crippen molar-refractivity contribution in [1.82, 2.24) is 19.8 Å². The van der Waals surface area contributed by atoms with Gasteiger partial charge in [0, 0.05) is 46.0 Å². The molecule has 2 heterocycles. The molecule has 2 aromatic rings. The highest BCUT2D eigenvalue weighted by molar-refractivity contribution is 14.0. The van der Waals surface area contributed by atoms with Crippen LogP contribution in [0.25, 0.3) is 0 Å². The van der Waals surface area contributed by atoms with Gasteiger partial charge in [0.25, 0.3) is 0 Å². The molecule has 1 aromatic carbocycles. The number of nitrogens with zero attached hydrogens (tertiary/aromatic N) is 4. The zero-order valence-corrected chi connectivity index (χ0v) is 20.3. The van der Waals surface area contributed by atoms with E-state index in [1.165, 1.54) is 6.92 Å². The summed E-state index contributed by atoms with van der Waals surface area (Å²) in [6.07, 6.45) is 6.84. The van der Waals surface area contributed by atoms with Crippen molar-refractivity contribution >= 4 is 41.5 Å². The normalized spacial score (nSPS) is 19.1. The molecule has 3 rings (SSSR count). The Bertz CT molecular complexity index is 855. The molecule has 1 fully saturated rings. The highest BCUT2D eigenvalue weighted by atomic mass is 127. The fourth-order valence-electron chi connectivity index (χ4n) is 3.76. The summed E-state index contributed by atoms with van der Waals surface area (Å²) in [7, 11) is 3.40. The van der Waals surface area contributed by atoms with Crippen LogP contribution in [0.3, 0.4) is 0 Å². The average Bonchev–Trinajstić information content (AvgIpc) is 3.24. The summed E-state index contributed by atoms with van der Waals surface area (Å²) in [5.41, 5.74) is 1.70. The molecule has 1 aromatic heterocycles. The second-order valence-corrected chi connectivity index (χ2v) is 7.41. The molecule has 2 N–H and O–H groups in total. The molecule has 1 aliphatic heterocycles. The number of imidazole rings is 1. The molecule has 1 amide bonds. The third-order valence-corrected chi connectivity index (χ3v) is 5.36. The zero-order valence-electron chi connectivity index (χ0n) is 18.0. The molecule has 0 radical (unpaired) electrons. The summed E-state index contributed by atoms with van der Waals surface area (Å²) in [5, 5.41) is 6.27. The molecule has 1 aliphatic rings. The van der Waals surface area contributed by atoms with E-state index in [9.17, 15) is 4.79 Å². The van der Waals surface area contributed by atoms with Crippen molar-refractivity contribution in [3.05, 3.63) is 42.5 Å². The first-order valence-electron chi connectivity index (χ1n) is 9.89. The van der Waals surface area contributed by atoms with Gasteiger partial charge in [0.15, 0.2) is 5.96 Å². The summed E-state index contributed by atoms with van der Waals surface area (Å²) in [4.78, 5) is 22.4. The van der Waals surface area contributed by atoms with Crippen molar-refractivity contribution in [2.45, 2.75) is 32.9 Å². The lowest BCUT2D eigenvalue weighted by molar-refractivity contribution is -0.114. The number of hydrogen-bond acceptors (Lipinski definition) is 4. The van der Waals surface area contributed by atoms with E-state index >= 15 is 0 Å². The highest BCUT2D eigenvalue weighted by Crippen LogP contribution is 2.28. The number of methoxy groups -OCH3 is 1. The molecule has 0 saturated carbocycles. The van der Waals surface area contributed by atoms with Crippen molar-refractivity contribution in [2.24, 2.45) is 10.9 Å². The predicted octanol–water partition coefficient (Wildman–Crippen LogP) is 3.13. The Morgan fingerprint density at radius 3 is 2.83 bits per heavy atom. The number of halogens is 1. The van der Waals surface area contributed by atoms with Crippen molar-refractivity contribution < 1.29 is 9.53 Å². The number of guanidine groups is 1. The minimum Gasteiger partial charge on any atom is -0.495 e. The van der Waals surface area contributed by atoms with E-state index in [1.807, 2.05) is 44.0 Å². The van der Waals surface area contributed by atoms with E-state index < -0.39 is 0 Å². The van der Waals surface area contributed by atoms with Gasteiger partial charge in [0.2, 0.25) is 5.91 Å². The van der Waals surface area contributed by atoms with E-state index in [2.05, 4.69) is 37.0 Å². The van der Waals surface area contributed by atoms with Crippen molar-refractivity contribution in [3.63, 3.8) is 0 Å². The van der Waals surface area contributed by atoms with Gasteiger partial charge in [0.1, 0.15) is 5.75 Å². The number of benzene rings is 1. The fraction of sp³-hybridized carbons (Fsp3) is 0.476. The van der Waals surface area contributed by atoms with E-state index in [1.54, 1.807) is 7.11 Å². The van der Waals surface area contributed by atoms with Gasteiger partial charge in [-0.15, -0.1) is 24.0 Å². The number of likely N-dealkylation sites (tertiary alicyclic amines) is 1. The summed E-state index contributed by atoms with van der Waals surface area (Å²) in [6, 6.07) is 6.14. The third-order valence-electron chi connectivity index (χ3n) is 5.36. The van der Waals surface area contributed by atoms with Crippen LogP contribution in [0, 0.1) is 5.92 Å². The molecule has 9 heteroatoms. The molecule has 0 aliphatic carbocycles. The molecule has 2 atom stereocenters. The van der Waals surface area contributed by atoms with Gasteiger partial charge in [-0.25, -0.2) is 4.98 Å². The topological polar surface area (TPSA) is 83.8 Å². The molecule has 1 saturated heterocycles. The molecule has 30 heavy (non-hydrogen) atoms. The first-order valence-corrected chi connectivity index (χ1v) is 9.89. The van der Waals surface area contributed by atoms with Crippen LogP contribution in [0.15, 0.2) is 41.9 Å². The second kappa shape index (κ2) is 11.2. The van der Waals surface area contributed by atoms with Gasteiger partial charge in [-0.3, -0.25) is 9.79 Å². The van der Waals surface area contributed by atoms with Gasteiger partial charge in [0.05, 0.1) is 25.2 Å². The number of aliphatic imine (C=N–C) groups is 1. The maximum Gasteiger partial charge on any atom is 0.221 e. The number of carbonyl (C=O) groups excluding carboxylic acids is 1. The smallest absolute Gasteiger partial charge is 0.221 e. The Hall–Kier alpha value is -2.30. The summed E-state index contributed by atoms with van der Waals surface area (Å²) >= 11 is 0. The molecular formula is C21H31IN6O2. The number of piperidine rings is 1. The quantitative estimate of drug-likeness (QED) is 0.356. The van der Waals surface area contributed by atoms with Crippen LogP contribution in [0.2, 0.25) is 0 Å². The van der Waals surface area contributed by atoms with Gasteiger partial charge in [-0.05, 0) is 30.0 Å². The van der Waals surface area contributed by atoms with Gasteiger partial charge >= 0.3 is 0 Å². The van der Waals surface area contributed by atoms with Crippen LogP contribution in [0.4, 0.5) is 5.69 Å². The van der Waals surface area contributed by atoms with Gasteiger partial charge in [-0.2, -0.15) is 0 Å². The Labute approximate surface area is 195 Å². The second-order valence-electron chi connectivity index (χ2n) is 7.41. The number of amides is 1. The minimum atomic E-state index is -0.128. The lowest BCUT2D eigenvalue weighted by Crippen LogP contribution is -2.48. The molecule has 0 bridgehead atoms. The number of hydrogen-bond donors (Lipinski definition) is 2. The minimum absolute atomic E-state index is 0. The van der Waals surface area contributed by atoms with Gasteiger partial charge in [-0.1, -0.05) is 13.0 Å².